The van der Waals surface area contributed by atoms with Crippen molar-refractivity contribution < 1.29 is 4.52 Å². The maximum absolute atomic E-state index is 5.43. The van der Waals surface area contributed by atoms with Crippen LogP contribution in [0.15, 0.2) is 15.6 Å². The Morgan fingerprint density at radius 2 is 2.00 bits per heavy atom. The van der Waals surface area contributed by atoms with E-state index in [2.05, 4.69) is 46.5 Å². The number of nitrogens with one attached hydrogen (secondary N) is 2. The zero-order chi connectivity index (χ0) is 18.2. The molecular formula is C18H30IN5OS. The summed E-state index contributed by atoms with van der Waals surface area (Å²) in [5, 5.41) is 11.9. The molecule has 0 bridgehead atoms. The van der Waals surface area contributed by atoms with Gasteiger partial charge in [-0.15, -0.1) is 35.3 Å². The lowest BCUT2D eigenvalue weighted by molar-refractivity contribution is 0.368. The molecule has 146 valence electrons. The molecule has 0 fully saturated rings. The quantitative estimate of drug-likeness (QED) is 0.329. The lowest BCUT2D eigenvalue weighted by Crippen LogP contribution is -2.37. The molecule has 2 rings (SSSR count). The number of aliphatic imine (C=N–C) groups is 1. The summed E-state index contributed by atoms with van der Waals surface area (Å²) < 4.78 is 5.43. The fourth-order valence-corrected chi connectivity index (χ4v) is 3.74. The molecule has 2 aromatic heterocycles. The second-order valence-electron chi connectivity index (χ2n) is 6.08. The fourth-order valence-electron chi connectivity index (χ4n) is 2.80. The first-order valence-corrected chi connectivity index (χ1v) is 9.71. The molecule has 0 saturated heterocycles. The third kappa shape index (κ3) is 6.53. The summed E-state index contributed by atoms with van der Waals surface area (Å²) in [6.45, 7) is 9.86. The molecule has 0 aliphatic rings. The molecule has 2 N–H and O–H groups in total. The number of hydrogen-bond donors (Lipinski definition) is 2. The zero-order valence-electron chi connectivity index (χ0n) is 16.3. The largest absolute Gasteiger partial charge is 0.359 e. The van der Waals surface area contributed by atoms with E-state index in [-0.39, 0.29) is 24.0 Å². The number of aryl methyl sites for hydroxylation is 2. The predicted molar refractivity (Wildman–Crippen MR) is 119 cm³/mol. The van der Waals surface area contributed by atoms with E-state index in [0.717, 1.165) is 53.9 Å². The molecule has 2 heterocycles. The molecular weight excluding hydrogens is 461 g/mol. The molecule has 0 aliphatic carbocycles. The second kappa shape index (κ2) is 11.5. The van der Waals surface area contributed by atoms with Crippen LogP contribution in [0.1, 0.15) is 59.6 Å². The first-order valence-electron chi connectivity index (χ1n) is 8.90. The van der Waals surface area contributed by atoms with Crippen molar-refractivity contribution in [3.8, 4) is 0 Å². The Morgan fingerprint density at radius 3 is 2.58 bits per heavy atom. The van der Waals surface area contributed by atoms with Crippen LogP contribution in [-0.4, -0.2) is 29.7 Å². The molecule has 0 saturated carbocycles. The Morgan fingerprint density at radius 1 is 1.27 bits per heavy atom. The lowest BCUT2D eigenvalue weighted by Gasteiger charge is -2.10. The molecule has 0 spiro atoms. The van der Waals surface area contributed by atoms with Gasteiger partial charge in [0.05, 0.1) is 22.9 Å². The van der Waals surface area contributed by atoms with Crippen molar-refractivity contribution in [2.75, 3.05) is 13.6 Å². The van der Waals surface area contributed by atoms with Crippen molar-refractivity contribution in [2.45, 2.75) is 59.4 Å². The Balaban J connectivity index is 0.00000338. The average Bonchev–Trinajstić information content (AvgIpc) is 3.18. The lowest BCUT2D eigenvalue weighted by atomic mass is 9.99. The highest BCUT2D eigenvalue weighted by Crippen LogP contribution is 2.22. The molecule has 0 aromatic carbocycles. The van der Waals surface area contributed by atoms with Crippen LogP contribution in [-0.2, 0) is 13.0 Å². The standard InChI is InChI=1S/C18H29N5OS.HI/c1-6-14(7-2)16-10-15(24-23-16)11-21-18(19-5)20-9-8-17-12(3)22-13(4)25-17;/h10,14H,6-9,11H2,1-5H3,(H2,19,20,21);1H. The van der Waals surface area contributed by atoms with E-state index in [4.69, 9.17) is 4.52 Å². The molecule has 2 aromatic rings. The third-order valence-corrected chi connectivity index (χ3v) is 5.41. The van der Waals surface area contributed by atoms with E-state index >= 15 is 0 Å². The van der Waals surface area contributed by atoms with Gasteiger partial charge >= 0.3 is 0 Å². The van der Waals surface area contributed by atoms with Gasteiger partial charge in [-0.25, -0.2) is 4.98 Å². The number of hydrogen-bond acceptors (Lipinski definition) is 5. The first-order chi connectivity index (χ1) is 12.1. The molecule has 0 aliphatic heterocycles. The van der Waals surface area contributed by atoms with Crippen LogP contribution in [0.5, 0.6) is 0 Å². The van der Waals surface area contributed by atoms with E-state index in [0.29, 0.717) is 12.5 Å². The van der Waals surface area contributed by atoms with E-state index in [9.17, 15) is 0 Å². The zero-order valence-corrected chi connectivity index (χ0v) is 19.4. The highest BCUT2D eigenvalue weighted by atomic mass is 127. The van der Waals surface area contributed by atoms with E-state index < -0.39 is 0 Å². The van der Waals surface area contributed by atoms with Gasteiger partial charge in [-0.2, -0.15) is 0 Å². The summed E-state index contributed by atoms with van der Waals surface area (Å²) in [6.07, 6.45) is 3.10. The Bertz CT molecular complexity index is 694. The van der Waals surface area contributed by atoms with Gasteiger partial charge < -0.3 is 15.2 Å². The highest BCUT2D eigenvalue weighted by molar-refractivity contribution is 14.0. The summed E-state index contributed by atoms with van der Waals surface area (Å²) in [5.74, 6) is 2.07. The van der Waals surface area contributed by atoms with Crippen LogP contribution in [0.3, 0.4) is 0 Å². The van der Waals surface area contributed by atoms with Gasteiger partial charge in [-0.1, -0.05) is 19.0 Å². The minimum absolute atomic E-state index is 0. The van der Waals surface area contributed by atoms with Crippen LogP contribution in [0, 0.1) is 13.8 Å². The molecule has 8 heteroatoms. The Hall–Kier alpha value is -1.16. The topological polar surface area (TPSA) is 75.3 Å². The van der Waals surface area contributed by atoms with E-state index in [1.54, 1.807) is 18.4 Å². The molecule has 0 unspecified atom stereocenters. The van der Waals surface area contributed by atoms with Crippen molar-refractivity contribution in [3.63, 3.8) is 0 Å². The summed E-state index contributed by atoms with van der Waals surface area (Å²) in [6, 6.07) is 2.04. The third-order valence-electron chi connectivity index (χ3n) is 4.28. The van der Waals surface area contributed by atoms with Crippen LogP contribution in [0.2, 0.25) is 0 Å². The molecule has 0 atom stereocenters. The van der Waals surface area contributed by atoms with Gasteiger partial charge in [0, 0.05) is 36.9 Å². The number of thiazole rings is 1. The smallest absolute Gasteiger partial charge is 0.191 e. The van der Waals surface area contributed by atoms with Gasteiger partial charge in [0.15, 0.2) is 11.7 Å². The van der Waals surface area contributed by atoms with Crippen LogP contribution < -0.4 is 10.6 Å². The van der Waals surface area contributed by atoms with Crippen LogP contribution in [0.4, 0.5) is 0 Å². The molecule has 0 amide bonds. The van der Waals surface area contributed by atoms with Crippen LogP contribution in [0.25, 0.3) is 0 Å². The predicted octanol–water partition coefficient (Wildman–Crippen LogP) is 4.18. The monoisotopic (exact) mass is 491 g/mol. The summed E-state index contributed by atoms with van der Waals surface area (Å²) >= 11 is 1.76. The first kappa shape index (κ1) is 22.9. The Labute approximate surface area is 177 Å². The SMILES string of the molecule is CCC(CC)c1cc(CNC(=NC)NCCc2sc(C)nc2C)on1.I. The number of guanidine groups is 1. The number of halogens is 1. The number of aromatic nitrogens is 2. The van der Waals surface area contributed by atoms with E-state index in [1.807, 2.05) is 13.0 Å². The van der Waals surface area contributed by atoms with Gasteiger partial charge in [-0.05, 0) is 26.7 Å². The number of nitrogens with zero attached hydrogens (tertiary/aromatic N) is 3. The summed E-state index contributed by atoms with van der Waals surface area (Å²) in [7, 11) is 1.77. The maximum Gasteiger partial charge on any atom is 0.191 e. The van der Waals surface area contributed by atoms with Crippen molar-refractivity contribution in [2.24, 2.45) is 4.99 Å². The summed E-state index contributed by atoms with van der Waals surface area (Å²) in [5.41, 5.74) is 2.17. The Kier molecular flexibility index (Phi) is 10.1. The van der Waals surface area contributed by atoms with Gasteiger partial charge in [0.25, 0.3) is 0 Å². The number of rotatable bonds is 8. The van der Waals surface area contributed by atoms with Crippen LogP contribution >= 0.6 is 35.3 Å². The normalized spacial score (nSPS) is 11.5. The minimum atomic E-state index is 0. The van der Waals surface area contributed by atoms with Crippen molar-refractivity contribution in [1.29, 1.82) is 0 Å². The van der Waals surface area contributed by atoms with Gasteiger partial charge in [-0.3, -0.25) is 4.99 Å². The summed E-state index contributed by atoms with van der Waals surface area (Å²) in [4.78, 5) is 10.0. The average molecular weight is 491 g/mol. The molecule has 26 heavy (non-hydrogen) atoms. The molecule has 0 radical (unpaired) electrons. The minimum Gasteiger partial charge on any atom is -0.359 e. The van der Waals surface area contributed by atoms with Crippen molar-refractivity contribution in [3.05, 3.63) is 33.1 Å². The van der Waals surface area contributed by atoms with E-state index in [1.165, 1.54) is 4.88 Å². The van der Waals surface area contributed by atoms with Crippen molar-refractivity contribution in [1.82, 2.24) is 20.8 Å². The van der Waals surface area contributed by atoms with Gasteiger partial charge in [0.2, 0.25) is 0 Å². The molecule has 6 nitrogen and oxygen atoms in total. The maximum atomic E-state index is 5.43. The highest BCUT2D eigenvalue weighted by Gasteiger charge is 2.13. The fraction of sp³-hybridized carbons (Fsp3) is 0.611. The van der Waals surface area contributed by atoms with Gasteiger partial charge in [0.1, 0.15) is 0 Å². The van der Waals surface area contributed by atoms with Crippen molar-refractivity contribution >= 4 is 41.3 Å². The second-order valence-corrected chi connectivity index (χ2v) is 7.36.